The van der Waals surface area contributed by atoms with Crippen LogP contribution in [0.2, 0.25) is 0 Å². The minimum absolute atomic E-state index is 0.0315. The summed E-state index contributed by atoms with van der Waals surface area (Å²) in [6.07, 6.45) is 0. The van der Waals surface area contributed by atoms with Crippen molar-refractivity contribution in [2.45, 2.75) is 25.9 Å². The van der Waals surface area contributed by atoms with E-state index in [1.807, 2.05) is 45.0 Å². The van der Waals surface area contributed by atoms with Crippen LogP contribution in [0.25, 0.3) is 11.4 Å². The SMILES string of the molecule is CC(C)(C)C(=O)Nc1ccc(C(=O)CSc2n[nH]c(-c3ccccc3Br)n2)cc1. The maximum absolute atomic E-state index is 12.5. The summed E-state index contributed by atoms with van der Waals surface area (Å²) < 4.78 is 0.919. The Morgan fingerprint density at radius 3 is 2.45 bits per heavy atom. The normalized spacial score (nSPS) is 11.3. The molecule has 0 unspecified atom stereocenters. The van der Waals surface area contributed by atoms with E-state index in [2.05, 4.69) is 36.4 Å². The van der Waals surface area contributed by atoms with Crippen molar-refractivity contribution in [1.29, 1.82) is 0 Å². The van der Waals surface area contributed by atoms with E-state index in [-0.39, 0.29) is 17.4 Å². The topological polar surface area (TPSA) is 87.7 Å². The molecule has 0 bridgehead atoms. The van der Waals surface area contributed by atoms with Crippen molar-refractivity contribution in [2.24, 2.45) is 5.41 Å². The molecule has 2 aromatic carbocycles. The van der Waals surface area contributed by atoms with Gasteiger partial charge in [-0.05, 0) is 30.3 Å². The molecule has 1 aromatic heterocycles. The van der Waals surface area contributed by atoms with Crippen LogP contribution in [0.4, 0.5) is 5.69 Å². The number of thioether (sulfide) groups is 1. The van der Waals surface area contributed by atoms with Gasteiger partial charge in [0.25, 0.3) is 0 Å². The first kappa shape index (κ1) is 21.3. The van der Waals surface area contributed by atoms with Gasteiger partial charge in [0.15, 0.2) is 11.6 Å². The Kier molecular flexibility index (Phi) is 6.54. The number of amides is 1. The van der Waals surface area contributed by atoms with E-state index in [1.165, 1.54) is 11.8 Å². The largest absolute Gasteiger partial charge is 0.326 e. The van der Waals surface area contributed by atoms with Crippen molar-refractivity contribution in [2.75, 3.05) is 11.1 Å². The van der Waals surface area contributed by atoms with Crippen molar-refractivity contribution < 1.29 is 9.59 Å². The van der Waals surface area contributed by atoms with Crippen LogP contribution >= 0.6 is 27.7 Å². The second-order valence-corrected chi connectivity index (χ2v) is 9.24. The minimum Gasteiger partial charge on any atom is -0.326 e. The summed E-state index contributed by atoms with van der Waals surface area (Å²) in [7, 11) is 0. The first-order chi connectivity index (χ1) is 13.7. The highest BCUT2D eigenvalue weighted by molar-refractivity contribution is 9.10. The Morgan fingerprint density at radius 1 is 1.10 bits per heavy atom. The summed E-state index contributed by atoms with van der Waals surface area (Å²) in [6, 6.07) is 14.6. The highest BCUT2D eigenvalue weighted by Crippen LogP contribution is 2.26. The number of Topliss-reactive ketones (excluding diaryl/α,β-unsaturated/α-hetero) is 1. The molecule has 29 heavy (non-hydrogen) atoms. The number of ketones is 1. The third-order valence-corrected chi connectivity index (χ3v) is 5.61. The number of aromatic nitrogens is 3. The number of carbonyl (C=O) groups excluding carboxylic acids is 2. The summed E-state index contributed by atoms with van der Waals surface area (Å²) >= 11 is 4.77. The third-order valence-electron chi connectivity index (χ3n) is 4.07. The number of halogens is 1. The van der Waals surface area contributed by atoms with E-state index >= 15 is 0 Å². The number of aromatic amines is 1. The Balaban J connectivity index is 1.59. The molecule has 0 radical (unpaired) electrons. The van der Waals surface area contributed by atoms with E-state index < -0.39 is 5.41 Å². The summed E-state index contributed by atoms with van der Waals surface area (Å²) in [4.78, 5) is 28.9. The van der Waals surface area contributed by atoms with Gasteiger partial charge in [0, 0.05) is 26.7 Å². The van der Waals surface area contributed by atoms with Crippen LogP contribution in [0.15, 0.2) is 58.2 Å². The van der Waals surface area contributed by atoms with Gasteiger partial charge in [-0.1, -0.05) is 66.7 Å². The van der Waals surface area contributed by atoms with E-state index in [4.69, 9.17) is 0 Å². The highest BCUT2D eigenvalue weighted by Gasteiger charge is 2.21. The molecule has 150 valence electrons. The van der Waals surface area contributed by atoms with Crippen LogP contribution in [-0.4, -0.2) is 32.6 Å². The minimum atomic E-state index is -0.476. The molecule has 0 saturated carbocycles. The Hall–Kier alpha value is -2.45. The van der Waals surface area contributed by atoms with Gasteiger partial charge in [0.05, 0.1) is 5.75 Å². The first-order valence-electron chi connectivity index (χ1n) is 8.99. The lowest BCUT2D eigenvalue weighted by molar-refractivity contribution is -0.123. The molecule has 0 fully saturated rings. The van der Waals surface area contributed by atoms with Gasteiger partial charge in [0.1, 0.15) is 0 Å². The Morgan fingerprint density at radius 2 is 1.79 bits per heavy atom. The number of rotatable bonds is 6. The van der Waals surface area contributed by atoms with Crippen molar-refractivity contribution in [3.8, 4) is 11.4 Å². The monoisotopic (exact) mass is 472 g/mol. The molecule has 3 aromatic rings. The van der Waals surface area contributed by atoms with Crippen LogP contribution in [0, 0.1) is 5.41 Å². The zero-order valence-corrected chi connectivity index (χ0v) is 18.7. The average molecular weight is 473 g/mol. The molecular weight excluding hydrogens is 452 g/mol. The van der Waals surface area contributed by atoms with Gasteiger partial charge in [0.2, 0.25) is 11.1 Å². The molecule has 6 nitrogen and oxygen atoms in total. The van der Waals surface area contributed by atoms with Crippen molar-refractivity contribution in [1.82, 2.24) is 15.2 Å². The molecule has 8 heteroatoms. The number of hydrogen-bond acceptors (Lipinski definition) is 5. The second-order valence-electron chi connectivity index (χ2n) is 7.44. The molecular formula is C21H21BrN4O2S. The lowest BCUT2D eigenvalue weighted by Gasteiger charge is -2.17. The number of benzene rings is 2. The van der Waals surface area contributed by atoms with Gasteiger partial charge in [-0.15, -0.1) is 5.10 Å². The predicted molar refractivity (Wildman–Crippen MR) is 119 cm³/mol. The number of nitrogens with one attached hydrogen (secondary N) is 2. The predicted octanol–water partition coefficient (Wildman–Crippen LogP) is 5.19. The maximum atomic E-state index is 12.5. The quantitative estimate of drug-likeness (QED) is 0.380. The summed E-state index contributed by atoms with van der Waals surface area (Å²) in [6.45, 7) is 5.55. The zero-order chi connectivity index (χ0) is 21.0. The van der Waals surface area contributed by atoms with Crippen LogP contribution < -0.4 is 5.32 Å². The Labute approximate surface area is 182 Å². The molecule has 0 atom stereocenters. The number of hydrogen-bond donors (Lipinski definition) is 2. The molecule has 1 heterocycles. The van der Waals surface area contributed by atoms with Crippen LogP contribution in [0.5, 0.6) is 0 Å². The zero-order valence-electron chi connectivity index (χ0n) is 16.3. The molecule has 2 N–H and O–H groups in total. The lowest BCUT2D eigenvalue weighted by atomic mass is 9.95. The molecule has 0 aliphatic rings. The Bertz CT molecular complexity index is 1030. The van der Waals surface area contributed by atoms with E-state index in [0.717, 1.165) is 10.0 Å². The number of nitrogens with zero attached hydrogens (tertiary/aromatic N) is 2. The van der Waals surface area contributed by atoms with Crippen molar-refractivity contribution >= 4 is 45.1 Å². The third kappa shape index (κ3) is 5.55. The first-order valence-corrected chi connectivity index (χ1v) is 10.8. The van der Waals surface area contributed by atoms with Crippen molar-refractivity contribution in [3.63, 3.8) is 0 Å². The molecule has 0 saturated heterocycles. The number of H-pyrrole nitrogens is 1. The van der Waals surface area contributed by atoms with Crippen LogP contribution in [0.1, 0.15) is 31.1 Å². The number of carbonyl (C=O) groups is 2. The highest BCUT2D eigenvalue weighted by atomic mass is 79.9. The van der Waals surface area contributed by atoms with Gasteiger partial charge >= 0.3 is 0 Å². The van der Waals surface area contributed by atoms with E-state index in [9.17, 15) is 9.59 Å². The fourth-order valence-electron chi connectivity index (χ4n) is 2.36. The molecule has 0 aliphatic carbocycles. The summed E-state index contributed by atoms with van der Waals surface area (Å²) in [5.41, 5.74) is 1.68. The van der Waals surface area contributed by atoms with Gasteiger partial charge < -0.3 is 5.32 Å². The molecule has 0 aliphatic heterocycles. The second kappa shape index (κ2) is 8.92. The molecule has 1 amide bonds. The number of anilines is 1. The van der Waals surface area contributed by atoms with Crippen molar-refractivity contribution in [3.05, 3.63) is 58.6 Å². The molecule has 0 spiro atoms. The fraction of sp³-hybridized carbons (Fsp3) is 0.238. The smallest absolute Gasteiger partial charge is 0.229 e. The van der Waals surface area contributed by atoms with Gasteiger partial charge in [-0.3, -0.25) is 14.7 Å². The summed E-state index contributed by atoms with van der Waals surface area (Å²) in [5, 5.41) is 10.4. The maximum Gasteiger partial charge on any atom is 0.229 e. The average Bonchev–Trinajstić information content (AvgIpc) is 3.15. The molecule has 3 rings (SSSR count). The van der Waals surface area contributed by atoms with Crippen LogP contribution in [-0.2, 0) is 4.79 Å². The van der Waals surface area contributed by atoms with Crippen LogP contribution in [0.3, 0.4) is 0 Å². The standard InChI is InChI=1S/C21H21BrN4O2S/c1-21(2,3)19(28)23-14-10-8-13(9-11-14)17(27)12-29-20-24-18(25-26-20)15-6-4-5-7-16(15)22/h4-11H,12H2,1-3H3,(H,23,28)(H,24,25,26). The summed E-state index contributed by atoms with van der Waals surface area (Å²) in [5.74, 6) is 0.765. The van der Waals surface area contributed by atoms with Gasteiger partial charge in [-0.2, -0.15) is 0 Å². The van der Waals surface area contributed by atoms with E-state index in [1.54, 1.807) is 24.3 Å². The van der Waals surface area contributed by atoms with E-state index in [0.29, 0.717) is 22.2 Å². The van der Waals surface area contributed by atoms with Gasteiger partial charge in [-0.25, -0.2) is 4.98 Å². The lowest BCUT2D eigenvalue weighted by Crippen LogP contribution is -2.27. The fourth-order valence-corrected chi connectivity index (χ4v) is 3.52.